The van der Waals surface area contributed by atoms with Gasteiger partial charge in [0.05, 0.1) is 19.3 Å². The van der Waals surface area contributed by atoms with E-state index in [-0.39, 0.29) is 19.8 Å². The van der Waals surface area contributed by atoms with Crippen molar-refractivity contribution in [2.45, 2.75) is 37.6 Å². The van der Waals surface area contributed by atoms with Crippen LogP contribution >= 0.6 is 0 Å². The normalized spacial score (nSPS) is 28.9. The predicted octanol–water partition coefficient (Wildman–Crippen LogP) is 2.85. The van der Waals surface area contributed by atoms with E-state index in [1.165, 1.54) is 0 Å². The second-order valence-electron chi connectivity index (χ2n) is 7.01. The van der Waals surface area contributed by atoms with E-state index in [2.05, 4.69) is 0 Å². The first kappa shape index (κ1) is 18.9. The van der Waals surface area contributed by atoms with E-state index in [0.717, 1.165) is 16.2 Å². The highest BCUT2D eigenvalue weighted by molar-refractivity contribution is 5.67. The van der Waals surface area contributed by atoms with Gasteiger partial charge >= 0.3 is 6.09 Å². The van der Waals surface area contributed by atoms with E-state index in [4.69, 9.17) is 14.3 Å². The van der Waals surface area contributed by atoms with Crippen LogP contribution in [0.15, 0.2) is 60.7 Å². The molecule has 5 unspecified atom stereocenters. The van der Waals surface area contributed by atoms with Crippen LogP contribution in [0.3, 0.4) is 0 Å². The topological polar surface area (TPSA) is 68.2 Å². The Morgan fingerprint density at radius 2 is 1.68 bits per heavy atom. The van der Waals surface area contributed by atoms with Crippen molar-refractivity contribution in [2.24, 2.45) is 5.92 Å². The Morgan fingerprint density at radius 1 is 1.07 bits per heavy atom. The molecule has 5 atom stereocenters. The van der Waals surface area contributed by atoms with E-state index in [9.17, 15) is 9.90 Å². The first-order valence-electron chi connectivity index (χ1n) is 9.25. The molecule has 2 aliphatic rings. The Balaban J connectivity index is 1.37. The summed E-state index contributed by atoms with van der Waals surface area (Å²) in [6, 6.07) is 17.6. The van der Waals surface area contributed by atoms with Crippen LogP contribution in [-0.4, -0.2) is 47.3 Å². The molecule has 1 aliphatic carbocycles. The lowest BCUT2D eigenvalue weighted by atomic mass is 10.0. The highest BCUT2D eigenvalue weighted by atomic mass is 19.1. The van der Waals surface area contributed by atoms with Crippen LogP contribution in [-0.2, 0) is 27.5 Å². The summed E-state index contributed by atoms with van der Waals surface area (Å²) < 4.78 is 25.9. The number of aliphatic hydroxyl groups is 1. The summed E-state index contributed by atoms with van der Waals surface area (Å²) in [5.41, 5.74) is 1.70. The van der Waals surface area contributed by atoms with Gasteiger partial charge in [-0.2, -0.15) is 5.06 Å². The number of amides is 1. The number of halogens is 1. The summed E-state index contributed by atoms with van der Waals surface area (Å²) in [5.74, 6) is -0.556. The van der Waals surface area contributed by atoms with Gasteiger partial charge in [-0.05, 0) is 11.1 Å². The molecular formula is C21H22FNO5. The van der Waals surface area contributed by atoms with Gasteiger partial charge in [0, 0.05) is 5.92 Å². The number of rotatable bonds is 5. The fourth-order valence-electron chi connectivity index (χ4n) is 3.73. The molecule has 28 heavy (non-hydrogen) atoms. The summed E-state index contributed by atoms with van der Waals surface area (Å²) >= 11 is 0. The minimum atomic E-state index is -1.57. The number of hydrogen-bond donors (Lipinski definition) is 1. The number of hydrogen-bond acceptors (Lipinski definition) is 5. The Kier molecular flexibility index (Phi) is 5.57. The largest absolute Gasteiger partial charge is 0.443 e. The molecule has 0 spiro atoms. The highest BCUT2D eigenvalue weighted by Gasteiger charge is 2.59. The molecule has 0 bridgehead atoms. The van der Waals surface area contributed by atoms with Crippen molar-refractivity contribution in [1.82, 2.24) is 5.06 Å². The molecule has 6 nitrogen and oxygen atoms in total. The number of alkyl halides is 1. The van der Waals surface area contributed by atoms with Gasteiger partial charge in [0.25, 0.3) is 0 Å². The summed E-state index contributed by atoms with van der Waals surface area (Å²) in [5, 5.41) is 11.4. The van der Waals surface area contributed by atoms with Crippen LogP contribution in [0, 0.1) is 5.92 Å². The van der Waals surface area contributed by atoms with Crippen LogP contribution in [0.4, 0.5) is 9.18 Å². The molecule has 2 aromatic rings. The molecule has 1 N–H and O–H groups in total. The number of fused-ring (bicyclic) bond motifs is 1. The molecule has 1 saturated carbocycles. The Hall–Kier alpha value is -2.48. The summed E-state index contributed by atoms with van der Waals surface area (Å²) in [4.78, 5) is 17.7. The minimum absolute atomic E-state index is 0.0396. The van der Waals surface area contributed by atoms with Crippen LogP contribution < -0.4 is 0 Å². The monoisotopic (exact) mass is 387 g/mol. The molecule has 148 valence electrons. The van der Waals surface area contributed by atoms with Crippen molar-refractivity contribution >= 4 is 6.09 Å². The van der Waals surface area contributed by atoms with Crippen molar-refractivity contribution in [2.75, 3.05) is 6.61 Å². The Bertz CT molecular complexity index is 790. The van der Waals surface area contributed by atoms with Gasteiger partial charge in [-0.25, -0.2) is 9.18 Å². The van der Waals surface area contributed by atoms with Gasteiger partial charge in [0.15, 0.2) is 6.17 Å². The van der Waals surface area contributed by atoms with Crippen LogP contribution in [0.1, 0.15) is 11.1 Å². The Morgan fingerprint density at radius 3 is 2.32 bits per heavy atom. The van der Waals surface area contributed by atoms with Gasteiger partial charge in [0.2, 0.25) is 0 Å². The van der Waals surface area contributed by atoms with Crippen LogP contribution in [0.25, 0.3) is 0 Å². The smallest absolute Gasteiger partial charge is 0.434 e. The molecule has 2 fully saturated rings. The van der Waals surface area contributed by atoms with Gasteiger partial charge in [-0.15, -0.1) is 0 Å². The van der Waals surface area contributed by atoms with E-state index >= 15 is 4.39 Å². The standard InChI is InChI=1S/C21H22FNO5/c22-17-18-16(19(24)20(17)26-11-14-7-3-1-4-8-14)13-28-23(18)21(25)27-12-15-9-5-2-6-10-15/h1-10,16-20,24H,11-13H2. The number of nitrogens with zero attached hydrogens (tertiary/aromatic N) is 1. The van der Waals surface area contributed by atoms with Gasteiger partial charge in [-0.3, -0.25) is 4.84 Å². The lowest BCUT2D eigenvalue weighted by Crippen LogP contribution is -2.43. The predicted molar refractivity (Wildman–Crippen MR) is 97.6 cm³/mol. The zero-order valence-corrected chi connectivity index (χ0v) is 15.2. The molecule has 7 heteroatoms. The molecule has 0 aromatic heterocycles. The number of hydroxylamine groups is 2. The fourth-order valence-corrected chi connectivity index (χ4v) is 3.73. The summed E-state index contributed by atoms with van der Waals surface area (Å²) in [6.07, 6.45) is -4.43. The summed E-state index contributed by atoms with van der Waals surface area (Å²) in [7, 11) is 0. The van der Waals surface area contributed by atoms with Crippen LogP contribution in [0.5, 0.6) is 0 Å². The molecule has 1 heterocycles. The van der Waals surface area contributed by atoms with Crippen LogP contribution in [0.2, 0.25) is 0 Å². The van der Waals surface area contributed by atoms with Crippen molar-refractivity contribution in [3.05, 3.63) is 71.8 Å². The molecule has 1 aliphatic heterocycles. The van der Waals surface area contributed by atoms with Crippen molar-refractivity contribution < 1.29 is 28.6 Å². The third-order valence-electron chi connectivity index (χ3n) is 5.20. The average molecular weight is 387 g/mol. The summed E-state index contributed by atoms with van der Waals surface area (Å²) in [6.45, 7) is 0.282. The van der Waals surface area contributed by atoms with Gasteiger partial charge < -0.3 is 14.6 Å². The number of aliphatic hydroxyl groups excluding tert-OH is 1. The maximum absolute atomic E-state index is 15.1. The first-order valence-corrected chi connectivity index (χ1v) is 9.25. The number of benzene rings is 2. The van der Waals surface area contributed by atoms with Crippen molar-refractivity contribution in [3.63, 3.8) is 0 Å². The van der Waals surface area contributed by atoms with Crippen molar-refractivity contribution in [3.8, 4) is 0 Å². The lowest BCUT2D eigenvalue weighted by molar-refractivity contribution is -0.143. The second kappa shape index (κ2) is 8.26. The quantitative estimate of drug-likeness (QED) is 0.855. The number of carbonyl (C=O) groups is 1. The molecule has 1 amide bonds. The maximum Gasteiger partial charge on any atom is 0.434 e. The fraction of sp³-hybridized carbons (Fsp3) is 0.381. The maximum atomic E-state index is 15.1. The zero-order chi connectivity index (χ0) is 19.5. The third kappa shape index (κ3) is 3.73. The zero-order valence-electron chi connectivity index (χ0n) is 15.2. The number of ether oxygens (including phenoxy) is 2. The van der Waals surface area contributed by atoms with Gasteiger partial charge in [0.1, 0.15) is 18.8 Å². The van der Waals surface area contributed by atoms with E-state index in [1.54, 1.807) is 0 Å². The molecule has 1 saturated heterocycles. The molecular weight excluding hydrogens is 365 g/mol. The SMILES string of the molecule is O=C(OCc1ccccc1)N1OCC2C(O)C(OCc3ccccc3)C(F)C21. The highest BCUT2D eigenvalue weighted by Crippen LogP contribution is 2.40. The second-order valence-corrected chi connectivity index (χ2v) is 7.01. The molecule has 2 aromatic carbocycles. The van der Waals surface area contributed by atoms with E-state index in [1.807, 2.05) is 60.7 Å². The van der Waals surface area contributed by atoms with E-state index < -0.39 is 36.4 Å². The first-order chi connectivity index (χ1) is 13.6. The lowest BCUT2D eigenvalue weighted by Gasteiger charge is -2.24. The average Bonchev–Trinajstić information content (AvgIpc) is 3.27. The van der Waals surface area contributed by atoms with Crippen molar-refractivity contribution in [1.29, 1.82) is 0 Å². The number of carbonyl (C=O) groups excluding carboxylic acids is 1. The van der Waals surface area contributed by atoms with Gasteiger partial charge in [-0.1, -0.05) is 60.7 Å². The van der Waals surface area contributed by atoms with E-state index in [0.29, 0.717) is 0 Å². The third-order valence-corrected chi connectivity index (χ3v) is 5.20. The minimum Gasteiger partial charge on any atom is -0.443 e. The molecule has 4 rings (SSSR count). The Labute approximate surface area is 162 Å². The molecule has 0 radical (unpaired) electrons.